The average Bonchev–Trinajstić information content (AvgIpc) is 0.720. The third kappa shape index (κ3) is 5.56. The van der Waals surface area contributed by atoms with Gasteiger partial charge in [0.1, 0.15) is 5.65 Å². The molecule has 3 aliphatic rings. The smallest absolute Gasteiger partial charge is 0.264 e. The minimum absolute atomic E-state index is 0.107. The van der Waals surface area contributed by atoms with Crippen LogP contribution in [0.4, 0.5) is 0 Å². The number of carbonyl (C=O) groups excluding carboxylic acids is 6. The number of benzene rings is 23. The molecule has 0 bridgehead atoms. The highest BCUT2D eigenvalue weighted by molar-refractivity contribution is 6.53. The van der Waals surface area contributed by atoms with Crippen molar-refractivity contribution < 1.29 is 28.8 Å². The van der Waals surface area contributed by atoms with Gasteiger partial charge >= 0.3 is 0 Å². The van der Waals surface area contributed by atoms with Gasteiger partial charge in [-0.05, 0) is 278 Å². The van der Waals surface area contributed by atoms with Gasteiger partial charge in [0.05, 0.1) is 11.0 Å². The Bertz CT molecular complexity index is 8890. The van der Waals surface area contributed by atoms with Gasteiger partial charge in [0, 0.05) is 65.7 Å². The summed E-state index contributed by atoms with van der Waals surface area (Å²) in [6.07, 6.45) is 0. The molecule has 23 aromatic carbocycles. The van der Waals surface area contributed by atoms with Crippen LogP contribution < -0.4 is 21.5 Å². The van der Waals surface area contributed by atoms with Gasteiger partial charge in [0.2, 0.25) is 0 Å². The Morgan fingerprint density at radius 1 is 0.198 bits per heavy atom. The Labute approximate surface area is 590 Å². The van der Waals surface area contributed by atoms with E-state index in [1.54, 1.807) is 4.40 Å². The number of hydrogen-bond acceptors (Lipinski definition) is 8. The zero-order valence-electron chi connectivity index (χ0n) is 54.9. The lowest BCUT2D eigenvalue weighted by Crippen LogP contribution is -2.34. The standard InChI is InChI=1S/C94H37N5O7/c100-88-56-26-16-40-36-6-8-48-50-12-10-46-43-19-29-59-84-60(92(104)98-91(59)103)30-20-51(74(43)84)63-33-65(79(86(50)78(46)63)53-23-13-37(70(36)76(48)53)41-17-27-57(89(101)96-88)82(56)72(40)41)66-34-64-52-21-31-61-83-58(90(102)97-93(61)105)28-18-42(73(52)83)45-9-11-49-47-7-5-35-39-15-25-55-81-62(94(106)99-68-4-2-1-3-67(68)95-87(55)99)32-22-44(71(39)81)38-14-24-54(75(47)69(35)38)80(66)85(49)77(45)64/h1-34H,(H,96,100,101)(H,97,102,105)(H,98,103,104). The summed E-state index contributed by atoms with van der Waals surface area (Å²) < 4.78 is 1.76. The molecule has 5 heterocycles. The van der Waals surface area contributed by atoms with Gasteiger partial charge in [-0.15, -0.1) is 0 Å². The van der Waals surface area contributed by atoms with Crippen LogP contribution in [-0.2, 0) is 0 Å². The molecule has 12 heteroatoms. The van der Waals surface area contributed by atoms with Crippen molar-refractivity contribution >= 4 is 278 Å². The Balaban J connectivity index is 0.863. The quantitative estimate of drug-likeness (QED) is 0.0827. The normalized spacial score (nSPS) is 14.6. The SMILES string of the molecule is O=C1NC(=O)c2ccc3c4ccc5c6c(-c7cc8c9ccc%10c%11c(ccc(c%12ccc%13c%14ccc%15c%16ccc%17c%18c(ccc(c%19ccc(c7c%13c%128)c%14c%15%19)c%16%18)c(=O)n7c8ccccc8nc%177)c%119)C(=O)NC%10=O)cc7c8ccc9c%10c(ccc(c%11ccc(c%12ccc(c%13ccc1c2c%133)c4c%125)c6c%117)c%108)C(=O)NC9=O. The fraction of sp³-hybridized carbons (Fsp3) is 0. The molecule has 0 aliphatic carbocycles. The number of nitrogens with zero attached hydrogens (tertiary/aromatic N) is 2. The van der Waals surface area contributed by atoms with Crippen LogP contribution in [0, 0.1) is 0 Å². The first-order valence-electron chi connectivity index (χ1n) is 35.5. The van der Waals surface area contributed by atoms with Crippen LogP contribution >= 0.6 is 0 Å². The minimum atomic E-state index is -0.441. The Morgan fingerprint density at radius 3 is 0.774 bits per heavy atom. The topological polar surface area (TPSA) is 173 Å². The van der Waals surface area contributed by atoms with E-state index in [0.717, 1.165) is 227 Å². The Hall–Kier alpha value is -14.6. The molecule has 0 unspecified atom stereocenters. The second-order valence-electron chi connectivity index (χ2n) is 29.9. The van der Waals surface area contributed by atoms with E-state index in [-0.39, 0.29) is 5.56 Å². The molecule has 0 atom stereocenters. The van der Waals surface area contributed by atoms with Crippen molar-refractivity contribution in [3.63, 3.8) is 0 Å². The molecule has 0 saturated heterocycles. The van der Waals surface area contributed by atoms with Crippen LogP contribution in [0.2, 0.25) is 0 Å². The predicted molar refractivity (Wildman–Crippen MR) is 426 cm³/mol. The molecule has 0 radical (unpaired) electrons. The molecule has 6 amide bonds. The number of pyridine rings is 1. The van der Waals surface area contributed by atoms with Gasteiger partial charge in [0.25, 0.3) is 41.0 Å². The number of nitrogens with one attached hydrogen (secondary N) is 3. The maximum absolute atomic E-state index is 15.0. The summed E-state index contributed by atoms with van der Waals surface area (Å²) in [7, 11) is 0. The maximum atomic E-state index is 15.0. The van der Waals surface area contributed by atoms with E-state index in [2.05, 4.69) is 131 Å². The molecule has 25 aromatic rings. The molecule has 3 N–H and O–H groups in total. The van der Waals surface area contributed by atoms with Crippen LogP contribution in [0.25, 0.3) is 254 Å². The molecule has 0 saturated carbocycles. The third-order valence-electron chi connectivity index (χ3n) is 25.6. The van der Waals surface area contributed by atoms with Crippen LogP contribution in [0.15, 0.2) is 211 Å². The summed E-state index contributed by atoms with van der Waals surface area (Å²) in [5.74, 6) is -2.60. The molecule has 480 valence electrons. The van der Waals surface area contributed by atoms with Gasteiger partial charge < -0.3 is 0 Å². The second-order valence-corrected chi connectivity index (χ2v) is 29.9. The summed E-state index contributed by atoms with van der Waals surface area (Å²) in [6.45, 7) is 0. The number of hydrogen-bond donors (Lipinski definition) is 3. The summed E-state index contributed by atoms with van der Waals surface area (Å²) in [4.78, 5) is 104. The first-order chi connectivity index (χ1) is 52.0. The highest BCUT2D eigenvalue weighted by atomic mass is 16.2. The zero-order chi connectivity index (χ0) is 69.1. The first kappa shape index (κ1) is 53.3. The monoisotopic (exact) mass is 1350 g/mol. The molecule has 0 fully saturated rings. The van der Waals surface area contributed by atoms with E-state index >= 15 is 0 Å². The molecule has 2 aromatic heterocycles. The summed E-state index contributed by atoms with van der Waals surface area (Å²) in [6, 6.07) is 71.8. The minimum Gasteiger partial charge on any atom is -0.288 e. The molecule has 0 spiro atoms. The van der Waals surface area contributed by atoms with E-state index in [1.807, 2.05) is 91.0 Å². The second kappa shape index (κ2) is 17.0. The highest BCUT2D eigenvalue weighted by Crippen LogP contribution is 2.59. The van der Waals surface area contributed by atoms with Crippen molar-refractivity contribution in [3.8, 4) is 11.1 Å². The number of aromatic nitrogens is 2. The van der Waals surface area contributed by atoms with Gasteiger partial charge in [-0.2, -0.15) is 0 Å². The summed E-state index contributed by atoms with van der Waals surface area (Å²) >= 11 is 0. The van der Waals surface area contributed by atoms with Crippen LogP contribution in [0.5, 0.6) is 0 Å². The number of amides is 6. The van der Waals surface area contributed by atoms with E-state index < -0.39 is 35.4 Å². The number of imide groups is 3. The van der Waals surface area contributed by atoms with E-state index in [4.69, 9.17) is 4.98 Å². The number of carbonyl (C=O) groups is 6. The van der Waals surface area contributed by atoms with Crippen LogP contribution in [0.1, 0.15) is 62.1 Å². The number of para-hydroxylation sites is 2. The van der Waals surface area contributed by atoms with Gasteiger partial charge in [-0.1, -0.05) is 133 Å². The molecule has 28 rings (SSSR count). The lowest BCUT2D eigenvalue weighted by molar-refractivity contribution is 0.0828. The zero-order valence-corrected chi connectivity index (χ0v) is 54.9. The van der Waals surface area contributed by atoms with Gasteiger partial charge in [0.15, 0.2) is 0 Å². The fourth-order valence-corrected chi connectivity index (χ4v) is 21.7. The van der Waals surface area contributed by atoms with Crippen LogP contribution in [0.3, 0.4) is 0 Å². The predicted octanol–water partition coefficient (Wildman–Crippen LogP) is 20.4. The largest absolute Gasteiger partial charge is 0.288 e. The van der Waals surface area contributed by atoms with Crippen molar-refractivity contribution in [2.24, 2.45) is 0 Å². The van der Waals surface area contributed by atoms with E-state index in [1.165, 1.54) is 0 Å². The average molecular weight is 1350 g/mol. The molecular weight excluding hydrogens is 1310 g/mol. The maximum Gasteiger partial charge on any atom is 0.264 e. The van der Waals surface area contributed by atoms with E-state index in [9.17, 15) is 33.6 Å². The van der Waals surface area contributed by atoms with Crippen molar-refractivity contribution in [1.29, 1.82) is 0 Å². The summed E-state index contributed by atoms with van der Waals surface area (Å²) in [5, 5.41) is 48.1. The highest BCUT2D eigenvalue weighted by Gasteiger charge is 2.36. The molecule has 106 heavy (non-hydrogen) atoms. The van der Waals surface area contributed by atoms with Crippen molar-refractivity contribution in [2.75, 3.05) is 0 Å². The van der Waals surface area contributed by atoms with Crippen molar-refractivity contribution in [1.82, 2.24) is 25.3 Å². The van der Waals surface area contributed by atoms with Crippen molar-refractivity contribution in [2.45, 2.75) is 0 Å². The number of rotatable bonds is 1. The lowest BCUT2D eigenvalue weighted by atomic mass is 9.76. The van der Waals surface area contributed by atoms with Crippen LogP contribution in [-0.4, -0.2) is 44.8 Å². The van der Waals surface area contributed by atoms with Gasteiger partial charge in [-0.25, -0.2) is 4.98 Å². The molecule has 12 nitrogen and oxygen atoms in total. The third-order valence-corrected chi connectivity index (χ3v) is 25.6. The lowest BCUT2D eigenvalue weighted by Gasteiger charge is -2.27. The van der Waals surface area contributed by atoms with Crippen molar-refractivity contribution in [3.05, 3.63) is 250 Å². The van der Waals surface area contributed by atoms with E-state index in [0.29, 0.717) is 60.6 Å². The summed E-state index contributed by atoms with van der Waals surface area (Å²) in [5.41, 5.74) is 6.62. The Morgan fingerprint density at radius 2 is 0.434 bits per heavy atom. The molecular formula is C94H37N5O7. The number of imidazole rings is 1. The Kier molecular flexibility index (Phi) is 8.52. The van der Waals surface area contributed by atoms with Gasteiger partial charge in [-0.3, -0.25) is 53.9 Å². The fourth-order valence-electron chi connectivity index (χ4n) is 21.7. The number of fused-ring (bicyclic) bond motifs is 16. The first-order valence-corrected chi connectivity index (χ1v) is 35.5. The molecule has 3 aliphatic heterocycles.